The lowest BCUT2D eigenvalue weighted by molar-refractivity contribution is -0.125. The van der Waals surface area contributed by atoms with Crippen LogP contribution in [-0.2, 0) is 4.79 Å². The number of hydrogen-bond donors (Lipinski definition) is 2. The highest BCUT2D eigenvalue weighted by Crippen LogP contribution is 2.13. The lowest BCUT2D eigenvalue weighted by Gasteiger charge is -2.12. The first-order chi connectivity index (χ1) is 8.16. The van der Waals surface area contributed by atoms with E-state index in [1.807, 2.05) is 0 Å². The number of nitrogen functional groups attached to an aromatic ring is 1. The molecule has 1 saturated heterocycles. The second kappa shape index (κ2) is 4.73. The Morgan fingerprint density at radius 3 is 2.59 bits per heavy atom. The Bertz CT molecular complexity index is 414. The fraction of sp³-hybridized carbons (Fsp3) is 0.273. The molecule has 0 spiro atoms. The van der Waals surface area contributed by atoms with Gasteiger partial charge in [-0.05, 0) is 24.3 Å². The molecule has 6 heteroatoms. The minimum absolute atomic E-state index is 0.0701. The zero-order chi connectivity index (χ0) is 12.3. The van der Waals surface area contributed by atoms with Crippen LogP contribution in [0.3, 0.4) is 0 Å². The van der Waals surface area contributed by atoms with Crippen LogP contribution < -0.4 is 15.8 Å². The predicted molar refractivity (Wildman–Crippen MR) is 61.5 cm³/mol. The molecular formula is C11H13N3O3. The average molecular weight is 235 g/mol. The van der Waals surface area contributed by atoms with E-state index in [-0.39, 0.29) is 31.6 Å². The third kappa shape index (κ3) is 2.66. The van der Waals surface area contributed by atoms with Gasteiger partial charge in [-0.3, -0.25) is 9.69 Å². The fourth-order valence-electron chi connectivity index (χ4n) is 1.50. The normalized spacial score (nSPS) is 14.9. The van der Waals surface area contributed by atoms with Gasteiger partial charge in [0.05, 0.1) is 13.1 Å². The molecule has 3 amide bonds. The van der Waals surface area contributed by atoms with E-state index in [9.17, 15) is 9.59 Å². The summed E-state index contributed by atoms with van der Waals surface area (Å²) in [5.41, 5.74) is 6.19. The number of imide groups is 1. The average Bonchev–Trinajstić information content (AvgIpc) is 2.63. The number of amides is 3. The summed E-state index contributed by atoms with van der Waals surface area (Å²) in [7, 11) is 0. The van der Waals surface area contributed by atoms with Crippen LogP contribution in [0.5, 0.6) is 5.75 Å². The quantitative estimate of drug-likeness (QED) is 0.576. The summed E-state index contributed by atoms with van der Waals surface area (Å²) in [6, 6.07) is 6.56. The SMILES string of the molecule is Nc1ccc(OCCN2C(=O)CNC2=O)cc1. The van der Waals surface area contributed by atoms with Gasteiger partial charge in [-0.15, -0.1) is 0 Å². The van der Waals surface area contributed by atoms with E-state index >= 15 is 0 Å². The predicted octanol–water partition coefficient (Wildman–Crippen LogP) is 0.199. The van der Waals surface area contributed by atoms with Crippen LogP contribution in [0.2, 0.25) is 0 Å². The van der Waals surface area contributed by atoms with Gasteiger partial charge in [-0.2, -0.15) is 0 Å². The number of benzene rings is 1. The van der Waals surface area contributed by atoms with Gasteiger partial charge in [0.2, 0.25) is 5.91 Å². The Labute approximate surface area is 98.3 Å². The number of urea groups is 1. The molecule has 0 saturated carbocycles. The Morgan fingerprint density at radius 2 is 2.00 bits per heavy atom. The number of anilines is 1. The number of nitrogens with one attached hydrogen (secondary N) is 1. The minimum Gasteiger partial charge on any atom is -0.492 e. The first-order valence-electron chi connectivity index (χ1n) is 5.23. The van der Waals surface area contributed by atoms with Gasteiger partial charge >= 0.3 is 6.03 Å². The maximum Gasteiger partial charge on any atom is 0.324 e. The molecule has 0 aromatic heterocycles. The van der Waals surface area contributed by atoms with Crippen molar-refractivity contribution in [3.05, 3.63) is 24.3 Å². The van der Waals surface area contributed by atoms with E-state index in [1.54, 1.807) is 24.3 Å². The van der Waals surface area contributed by atoms with Gasteiger partial charge in [0.1, 0.15) is 12.4 Å². The van der Waals surface area contributed by atoms with Crippen molar-refractivity contribution in [2.75, 3.05) is 25.4 Å². The zero-order valence-electron chi connectivity index (χ0n) is 9.18. The summed E-state index contributed by atoms with van der Waals surface area (Å²) in [5.74, 6) is 0.433. The lowest BCUT2D eigenvalue weighted by Crippen LogP contribution is -2.34. The monoisotopic (exact) mass is 235 g/mol. The number of rotatable bonds is 4. The second-order valence-electron chi connectivity index (χ2n) is 3.62. The molecule has 2 rings (SSSR count). The van der Waals surface area contributed by atoms with Crippen molar-refractivity contribution in [1.82, 2.24) is 10.2 Å². The van der Waals surface area contributed by atoms with Crippen molar-refractivity contribution in [2.45, 2.75) is 0 Å². The van der Waals surface area contributed by atoms with Crippen molar-refractivity contribution in [2.24, 2.45) is 0 Å². The summed E-state index contributed by atoms with van der Waals surface area (Å²) < 4.78 is 5.39. The first-order valence-corrected chi connectivity index (χ1v) is 5.23. The Morgan fingerprint density at radius 1 is 1.29 bits per heavy atom. The van der Waals surface area contributed by atoms with Crippen LogP contribution in [-0.4, -0.2) is 36.5 Å². The topological polar surface area (TPSA) is 84.7 Å². The molecular weight excluding hydrogens is 222 g/mol. The molecule has 1 aliphatic heterocycles. The van der Waals surface area contributed by atoms with Crippen molar-refractivity contribution in [1.29, 1.82) is 0 Å². The molecule has 0 aliphatic carbocycles. The summed E-state index contributed by atoms with van der Waals surface area (Å²) >= 11 is 0. The molecule has 3 N–H and O–H groups in total. The van der Waals surface area contributed by atoms with Gasteiger partial charge in [0.15, 0.2) is 0 Å². The van der Waals surface area contributed by atoms with Gasteiger partial charge in [-0.25, -0.2) is 4.79 Å². The van der Waals surface area contributed by atoms with E-state index < -0.39 is 0 Å². The number of carbonyl (C=O) groups is 2. The molecule has 6 nitrogen and oxygen atoms in total. The Balaban J connectivity index is 1.81. The molecule has 1 aromatic rings. The van der Waals surface area contributed by atoms with Gasteiger partial charge < -0.3 is 15.8 Å². The highest BCUT2D eigenvalue weighted by atomic mass is 16.5. The van der Waals surface area contributed by atoms with Gasteiger partial charge in [0.25, 0.3) is 0 Å². The van der Waals surface area contributed by atoms with Gasteiger partial charge in [-0.1, -0.05) is 0 Å². The highest BCUT2D eigenvalue weighted by molar-refractivity contribution is 6.01. The third-order valence-electron chi connectivity index (χ3n) is 2.40. The second-order valence-corrected chi connectivity index (χ2v) is 3.62. The molecule has 0 radical (unpaired) electrons. The van der Waals surface area contributed by atoms with Crippen LogP contribution in [0.1, 0.15) is 0 Å². The molecule has 1 aliphatic rings. The van der Waals surface area contributed by atoms with Crippen LogP contribution in [0.4, 0.5) is 10.5 Å². The van der Waals surface area contributed by atoms with E-state index in [0.29, 0.717) is 11.4 Å². The number of hydrogen-bond acceptors (Lipinski definition) is 4. The van der Waals surface area contributed by atoms with Crippen molar-refractivity contribution in [3.8, 4) is 5.75 Å². The minimum atomic E-state index is -0.365. The zero-order valence-corrected chi connectivity index (χ0v) is 9.18. The molecule has 0 unspecified atom stereocenters. The van der Waals surface area contributed by atoms with Crippen molar-refractivity contribution < 1.29 is 14.3 Å². The Hall–Kier alpha value is -2.24. The maximum atomic E-state index is 11.2. The maximum absolute atomic E-state index is 11.2. The summed E-state index contributed by atoms with van der Waals surface area (Å²) in [6.07, 6.45) is 0. The van der Waals surface area contributed by atoms with Crippen LogP contribution >= 0.6 is 0 Å². The van der Waals surface area contributed by atoms with Crippen molar-refractivity contribution >= 4 is 17.6 Å². The number of carbonyl (C=O) groups excluding carboxylic acids is 2. The highest BCUT2D eigenvalue weighted by Gasteiger charge is 2.27. The first kappa shape index (κ1) is 11.3. The van der Waals surface area contributed by atoms with Crippen LogP contribution in [0.15, 0.2) is 24.3 Å². The third-order valence-corrected chi connectivity index (χ3v) is 2.40. The van der Waals surface area contributed by atoms with E-state index in [4.69, 9.17) is 10.5 Å². The number of ether oxygens (including phenoxy) is 1. The van der Waals surface area contributed by atoms with Crippen molar-refractivity contribution in [3.63, 3.8) is 0 Å². The number of nitrogens with two attached hydrogens (primary N) is 1. The summed E-state index contributed by atoms with van der Waals surface area (Å²) in [5, 5.41) is 2.44. The molecule has 90 valence electrons. The molecule has 0 atom stereocenters. The molecule has 0 bridgehead atoms. The summed E-state index contributed by atoms with van der Waals surface area (Å²) in [6.45, 7) is 0.582. The van der Waals surface area contributed by atoms with E-state index in [0.717, 1.165) is 4.90 Å². The molecule has 1 heterocycles. The van der Waals surface area contributed by atoms with E-state index in [2.05, 4.69) is 5.32 Å². The summed E-state index contributed by atoms with van der Waals surface area (Å²) in [4.78, 5) is 23.6. The van der Waals surface area contributed by atoms with Crippen LogP contribution in [0.25, 0.3) is 0 Å². The smallest absolute Gasteiger partial charge is 0.324 e. The standard InChI is InChI=1S/C11H13N3O3/c12-8-1-3-9(4-2-8)17-6-5-14-10(15)7-13-11(14)16/h1-4H,5-7,12H2,(H,13,16). The molecule has 1 aromatic carbocycles. The molecule has 17 heavy (non-hydrogen) atoms. The lowest BCUT2D eigenvalue weighted by atomic mass is 10.3. The largest absolute Gasteiger partial charge is 0.492 e. The Kier molecular flexibility index (Phi) is 3.13. The fourth-order valence-corrected chi connectivity index (χ4v) is 1.50. The molecule has 1 fully saturated rings. The van der Waals surface area contributed by atoms with E-state index in [1.165, 1.54) is 0 Å². The number of nitrogens with zero attached hydrogens (tertiary/aromatic N) is 1. The van der Waals surface area contributed by atoms with Gasteiger partial charge in [0, 0.05) is 5.69 Å². The van der Waals surface area contributed by atoms with Crippen LogP contribution in [0, 0.1) is 0 Å².